The molecule has 0 saturated heterocycles. The topological polar surface area (TPSA) is 57.2 Å². The number of esters is 1. The van der Waals surface area contributed by atoms with Crippen LogP contribution < -0.4 is 5.73 Å². The molecule has 1 heterocycles. The number of nitrogens with zero attached hydrogens (tertiary/aromatic N) is 1. The van der Waals surface area contributed by atoms with E-state index >= 15 is 0 Å². The molecule has 0 spiro atoms. The van der Waals surface area contributed by atoms with E-state index in [4.69, 9.17) is 10.5 Å². The quantitative estimate of drug-likeness (QED) is 0.752. The Labute approximate surface area is 90.0 Å². The van der Waals surface area contributed by atoms with Crippen molar-refractivity contribution in [3.8, 4) is 0 Å². The van der Waals surface area contributed by atoms with E-state index in [1.54, 1.807) is 0 Å². The van der Waals surface area contributed by atoms with Gasteiger partial charge >= 0.3 is 5.97 Å². The van der Waals surface area contributed by atoms with Gasteiger partial charge in [-0.3, -0.25) is 0 Å². The van der Waals surface area contributed by atoms with Crippen LogP contribution >= 0.6 is 0 Å². The zero-order valence-corrected chi connectivity index (χ0v) is 9.92. The highest BCUT2D eigenvalue weighted by Gasteiger charge is 2.23. The molecular weight excluding hydrogens is 192 g/mol. The van der Waals surface area contributed by atoms with Crippen LogP contribution in [0.25, 0.3) is 0 Å². The maximum absolute atomic E-state index is 11.6. The molecule has 0 amide bonds. The van der Waals surface area contributed by atoms with Crippen LogP contribution in [0.2, 0.25) is 0 Å². The highest BCUT2D eigenvalue weighted by atomic mass is 16.5. The molecule has 15 heavy (non-hydrogen) atoms. The van der Waals surface area contributed by atoms with Crippen LogP contribution in [0, 0.1) is 13.8 Å². The molecule has 1 rings (SSSR count). The molecule has 2 N–H and O–H groups in total. The third kappa shape index (κ3) is 1.77. The number of aromatic nitrogens is 1. The van der Waals surface area contributed by atoms with Crippen LogP contribution in [0.15, 0.2) is 0 Å². The molecule has 0 fully saturated rings. The summed E-state index contributed by atoms with van der Waals surface area (Å²) in [5, 5.41) is 0. The second-order valence-electron chi connectivity index (χ2n) is 3.80. The summed E-state index contributed by atoms with van der Waals surface area (Å²) in [6, 6.07) is -0.168. The molecule has 0 aromatic carbocycles. The van der Waals surface area contributed by atoms with Gasteiger partial charge < -0.3 is 15.0 Å². The van der Waals surface area contributed by atoms with Crippen molar-refractivity contribution in [2.75, 3.05) is 7.11 Å². The molecule has 0 bridgehead atoms. The molecule has 0 aliphatic rings. The summed E-state index contributed by atoms with van der Waals surface area (Å²) in [6.07, 6.45) is 0. The summed E-state index contributed by atoms with van der Waals surface area (Å²) in [7, 11) is 3.30. The molecule has 4 heteroatoms. The lowest BCUT2D eigenvalue weighted by Crippen LogP contribution is -2.12. The van der Waals surface area contributed by atoms with Crippen molar-refractivity contribution in [2.45, 2.75) is 26.8 Å². The van der Waals surface area contributed by atoms with Gasteiger partial charge in [-0.1, -0.05) is 0 Å². The Balaban J connectivity index is 3.48. The zero-order chi connectivity index (χ0) is 11.7. The number of hydrogen-bond acceptors (Lipinski definition) is 3. The second-order valence-corrected chi connectivity index (χ2v) is 3.80. The molecule has 0 aliphatic carbocycles. The molecule has 1 atom stereocenters. The van der Waals surface area contributed by atoms with Gasteiger partial charge in [0.1, 0.15) is 0 Å². The van der Waals surface area contributed by atoms with E-state index in [1.165, 1.54) is 7.11 Å². The van der Waals surface area contributed by atoms with E-state index in [-0.39, 0.29) is 12.0 Å². The monoisotopic (exact) mass is 210 g/mol. The summed E-state index contributed by atoms with van der Waals surface area (Å²) in [6.45, 7) is 5.72. The average Bonchev–Trinajstić information content (AvgIpc) is 2.41. The van der Waals surface area contributed by atoms with Crippen molar-refractivity contribution in [1.82, 2.24) is 4.57 Å². The number of ether oxygens (including phenoxy) is 1. The van der Waals surface area contributed by atoms with Gasteiger partial charge in [-0.05, 0) is 20.8 Å². The summed E-state index contributed by atoms with van der Waals surface area (Å²) in [5.74, 6) is -0.316. The van der Waals surface area contributed by atoms with Crippen LogP contribution in [0.4, 0.5) is 0 Å². The maximum Gasteiger partial charge on any atom is 0.340 e. The van der Waals surface area contributed by atoms with Crippen LogP contribution in [0.3, 0.4) is 0 Å². The first-order chi connectivity index (χ1) is 6.91. The predicted molar refractivity (Wildman–Crippen MR) is 58.8 cm³/mol. The maximum atomic E-state index is 11.6. The first-order valence-electron chi connectivity index (χ1n) is 4.91. The largest absolute Gasteiger partial charge is 0.465 e. The van der Waals surface area contributed by atoms with Gasteiger partial charge in [-0.25, -0.2) is 4.79 Å². The summed E-state index contributed by atoms with van der Waals surface area (Å²) < 4.78 is 6.73. The minimum atomic E-state index is -0.316. The molecule has 1 aromatic rings. The first kappa shape index (κ1) is 11.8. The van der Waals surface area contributed by atoms with E-state index in [0.717, 1.165) is 17.0 Å². The molecule has 1 aromatic heterocycles. The van der Waals surface area contributed by atoms with E-state index in [9.17, 15) is 4.79 Å². The Kier molecular flexibility index (Phi) is 3.19. The highest BCUT2D eigenvalue weighted by molar-refractivity contribution is 5.93. The van der Waals surface area contributed by atoms with Gasteiger partial charge in [-0.15, -0.1) is 0 Å². The Hall–Kier alpha value is -1.29. The van der Waals surface area contributed by atoms with Gasteiger partial charge in [0.2, 0.25) is 0 Å². The molecular formula is C11H18N2O2. The second kappa shape index (κ2) is 4.06. The fourth-order valence-corrected chi connectivity index (χ4v) is 1.89. The normalized spacial score (nSPS) is 12.7. The van der Waals surface area contributed by atoms with Crippen molar-refractivity contribution in [3.63, 3.8) is 0 Å². The summed E-state index contributed by atoms with van der Waals surface area (Å²) in [5.41, 5.74) is 9.26. The van der Waals surface area contributed by atoms with Gasteiger partial charge in [0.15, 0.2) is 0 Å². The minimum Gasteiger partial charge on any atom is -0.465 e. The molecule has 4 nitrogen and oxygen atoms in total. The van der Waals surface area contributed by atoms with E-state index < -0.39 is 0 Å². The Bertz CT molecular complexity index is 392. The average molecular weight is 210 g/mol. The molecule has 84 valence electrons. The third-order valence-corrected chi connectivity index (χ3v) is 2.87. The van der Waals surface area contributed by atoms with Gasteiger partial charge in [0, 0.05) is 30.0 Å². The number of nitrogens with two attached hydrogens (primary N) is 1. The molecule has 0 aliphatic heterocycles. The van der Waals surface area contributed by atoms with Crippen LogP contribution in [-0.4, -0.2) is 17.6 Å². The fourth-order valence-electron chi connectivity index (χ4n) is 1.89. The van der Waals surface area contributed by atoms with Crippen LogP contribution in [0.5, 0.6) is 0 Å². The Morgan fingerprint density at radius 1 is 1.40 bits per heavy atom. The van der Waals surface area contributed by atoms with Gasteiger partial charge in [0.25, 0.3) is 0 Å². The Morgan fingerprint density at radius 2 is 1.93 bits per heavy atom. The lowest BCUT2D eigenvalue weighted by atomic mass is 10.0. The number of methoxy groups -OCH3 is 1. The van der Waals surface area contributed by atoms with E-state index in [2.05, 4.69) is 0 Å². The number of carbonyl (C=O) groups excluding carboxylic acids is 1. The minimum absolute atomic E-state index is 0.168. The predicted octanol–water partition coefficient (Wildman–Crippen LogP) is 1.45. The SMILES string of the molecule is COC(=O)c1c([C@@H](C)N)c(C)n(C)c1C. The lowest BCUT2D eigenvalue weighted by molar-refractivity contribution is 0.0598. The van der Waals surface area contributed by atoms with Gasteiger partial charge in [0.05, 0.1) is 12.7 Å². The standard InChI is InChI=1S/C11H18N2O2/c1-6(12)9-7(2)13(4)8(3)10(9)11(14)15-5/h6H,12H2,1-5H3/t6-/m1/s1. The number of carbonyl (C=O) groups is 1. The third-order valence-electron chi connectivity index (χ3n) is 2.87. The van der Waals surface area contributed by atoms with E-state index in [1.807, 2.05) is 32.4 Å². The lowest BCUT2D eigenvalue weighted by Gasteiger charge is -2.08. The fraction of sp³-hybridized carbons (Fsp3) is 0.545. The van der Waals surface area contributed by atoms with Crippen LogP contribution in [-0.2, 0) is 11.8 Å². The smallest absolute Gasteiger partial charge is 0.340 e. The Morgan fingerprint density at radius 3 is 2.33 bits per heavy atom. The van der Waals surface area contributed by atoms with Crippen molar-refractivity contribution >= 4 is 5.97 Å². The number of rotatable bonds is 2. The first-order valence-corrected chi connectivity index (χ1v) is 4.91. The molecule has 0 radical (unpaired) electrons. The summed E-state index contributed by atoms with van der Waals surface area (Å²) >= 11 is 0. The van der Waals surface area contributed by atoms with E-state index in [0.29, 0.717) is 5.56 Å². The van der Waals surface area contributed by atoms with Crippen LogP contribution in [0.1, 0.15) is 40.3 Å². The highest BCUT2D eigenvalue weighted by Crippen LogP contribution is 2.26. The van der Waals surface area contributed by atoms with Gasteiger partial charge in [-0.2, -0.15) is 0 Å². The van der Waals surface area contributed by atoms with Crippen molar-refractivity contribution in [1.29, 1.82) is 0 Å². The van der Waals surface area contributed by atoms with Crippen molar-refractivity contribution < 1.29 is 9.53 Å². The summed E-state index contributed by atoms with van der Waals surface area (Å²) in [4.78, 5) is 11.6. The zero-order valence-electron chi connectivity index (χ0n) is 9.92. The van der Waals surface area contributed by atoms with Crippen molar-refractivity contribution in [2.24, 2.45) is 12.8 Å². The van der Waals surface area contributed by atoms with Crippen molar-refractivity contribution in [3.05, 3.63) is 22.5 Å². The molecule has 0 saturated carbocycles. The molecule has 0 unspecified atom stereocenters. The number of hydrogen-bond donors (Lipinski definition) is 1.